The molecule has 1 heterocycles. The number of hydrogen-bond donors (Lipinski definition) is 2. The third kappa shape index (κ3) is 2.79. The Morgan fingerprint density at radius 2 is 2.07 bits per heavy atom. The maximum Gasteiger partial charge on any atom is 0.151 e. The summed E-state index contributed by atoms with van der Waals surface area (Å²) in [6.07, 6.45) is 4.64. The molecular weight excluding hydrogens is 212 g/mol. The zero-order chi connectivity index (χ0) is 10.7. The van der Waals surface area contributed by atoms with Gasteiger partial charge in [-0.25, -0.2) is 0 Å². The summed E-state index contributed by atoms with van der Waals surface area (Å²) in [7, 11) is 0. The predicted octanol–water partition coefficient (Wildman–Crippen LogP) is 1.81. The van der Waals surface area contributed by atoms with E-state index in [2.05, 4.69) is 15.5 Å². The Kier molecular flexibility index (Phi) is 3.38. The number of halogens is 1. The molecule has 15 heavy (non-hydrogen) atoms. The largest absolute Gasteiger partial charge is 0.364 e. The van der Waals surface area contributed by atoms with Crippen LogP contribution in [0.5, 0.6) is 0 Å². The first-order valence-corrected chi connectivity index (χ1v) is 5.65. The summed E-state index contributed by atoms with van der Waals surface area (Å²) in [6.45, 7) is 0. The molecule has 1 aromatic heterocycles. The van der Waals surface area contributed by atoms with Gasteiger partial charge in [0.25, 0.3) is 0 Å². The van der Waals surface area contributed by atoms with Crippen LogP contribution in [0.3, 0.4) is 0 Å². The van der Waals surface area contributed by atoms with Crippen LogP contribution in [0.4, 0.5) is 5.82 Å². The molecule has 1 saturated carbocycles. The van der Waals surface area contributed by atoms with Gasteiger partial charge in [0, 0.05) is 12.1 Å². The molecule has 3 N–H and O–H groups in total. The monoisotopic (exact) mass is 226 g/mol. The number of nitrogens with zero attached hydrogens (tertiary/aromatic N) is 2. The van der Waals surface area contributed by atoms with Crippen LogP contribution in [-0.4, -0.2) is 22.3 Å². The van der Waals surface area contributed by atoms with Crippen LogP contribution in [0.25, 0.3) is 0 Å². The van der Waals surface area contributed by atoms with Gasteiger partial charge < -0.3 is 11.1 Å². The topological polar surface area (TPSA) is 63.8 Å². The molecular formula is C10H15ClN4. The third-order valence-corrected chi connectivity index (χ3v) is 2.99. The summed E-state index contributed by atoms with van der Waals surface area (Å²) in [5, 5.41) is 11.5. The Bertz CT molecular complexity index is 314. The number of hydrogen-bond acceptors (Lipinski definition) is 4. The van der Waals surface area contributed by atoms with Gasteiger partial charge in [0.2, 0.25) is 0 Å². The van der Waals surface area contributed by atoms with Gasteiger partial charge in [-0.05, 0) is 25.0 Å². The fraction of sp³-hybridized carbons (Fsp3) is 0.600. The number of nitrogens with two attached hydrogens (primary N) is 1. The van der Waals surface area contributed by atoms with Crippen LogP contribution >= 0.6 is 11.6 Å². The van der Waals surface area contributed by atoms with Gasteiger partial charge in [-0.2, -0.15) is 0 Å². The van der Waals surface area contributed by atoms with Crippen molar-refractivity contribution in [3.63, 3.8) is 0 Å². The van der Waals surface area contributed by atoms with E-state index < -0.39 is 0 Å². The highest BCUT2D eigenvalue weighted by molar-refractivity contribution is 6.29. The van der Waals surface area contributed by atoms with Gasteiger partial charge in [-0.1, -0.05) is 24.4 Å². The van der Waals surface area contributed by atoms with Gasteiger partial charge >= 0.3 is 0 Å². The van der Waals surface area contributed by atoms with E-state index in [1.807, 2.05) is 6.07 Å². The molecule has 1 aromatic rings. The summed E-state index contributed by atoms with van der Waals surface area (Å²) in [5.74, 6) is 0.752. The Morgan fingerprint density at radius 3 is 2.73 bits per heavy atom. The summed E-state index contributed by atoms with van der Waals surface area (Å²) in [6, 6.07) is 4.09. The molecule has 0 amide bonds. The van der Waals surface area contributed by atoms with E-state index in [0.717, 1.165) is 18.7 Å². The van der Waals surface area contributed by atoms with Gasteiger partial charge in [0.05, 0.1) is 0 Å². The van der Waals surface area contributed by atoms with E-state index >= 15 is 0 Å². The fourth-order valence-electron chi connectivity index (χ4n) is 1.92. The molecule has 82 valence electrons. The lowest BCUT2D eigenvalue weighted by atomic mass is 9.91. The first-order chi connectivity index (χ1) is 7.25. The average molecular weight is 227 g/mol. The Balaban J connectivity index is 1.98. The molecule has 4 nitrogen and oxygen atoms in total. The molecule has 0 bridgehead atoms. The van der Waals surface area contributed by atoms with Crippen LogP contribution in [0.1, 0.15) is 25.7 Å². The first kappa shape index (κ1) is 10.6. The van der Waals surface area contributed by atoms with Crippen LogP contribution in [0, 0.1) is 0 Å². The molecule has 2 rings (SSSR count). The van der Waals surface area contributed by atoms with Crippen molar-refractivity contribution < 1.29 is 0 Å². The van der Waals surface area contributed by atoms with Crippen molar-refractivity contribution in [3.05, 3.63) is 17.3 Å². The van der Waals surface area contributed by atoms with E-state index in [1.165, 1.54) is 12.8 Å². The highest BCUT2D eigenvalue weighted by Crippen LogP contribution is 2.20. The molecule has 2 atom stereocenters. The van der Waals surface area contributed by atoms with Gasteiger partial charge in [0.15, 0.2) is 5.15 Å². The van der Waals surface area contributed by atoms with Gasteiger partial charge in [0.1, 0.15) is 5.82 Å². The second-order valence-corrected chi connectivity index (χ2v) is 4.33. The molecule has 1 fully saturated rings. The molecule has 1 aliphatic carbocycles. The second kappa shape index (κ2) is 4.77. The number of rotatable bonds is 2. The molecule has 0 aliphatic heterocycles. The maximum absolute atomic E-state index is 6.02. The van der Waals surface area contributed by atoms with E-state index in [0.29, 0.717) is 11.2 Å². The predicted molar refractivity (Wildman–Crippen MR) is 60.9 cm³/mol. The van der Waals surface area contributed by atoms with Crippen LogP contribution in [0.2, 0.25) is 5.15 Å². The van der Waals surface area contributed by atoms with Crippen molar-refractivity contribution in [2.24, 2.45) is 5.73 Å². The number of anilines is 1. The first-order valence-electron chi connectivity index (χ1n) is 5.27. The van der Waals surface area contributed by atoms with E-state index in [-0.39, 0.29) is 6.04 Å². The molecule has 0 unspecified atom stereocenters. The number of nitrogens with one attached hydrogen (secondary N) is 1. The summed E-state index contributed by atoms with van der Waals surface area (Å²) in [5.41, 5.74) is 6.02. The van der Waals surface area contributed by atoms with Crippen LogP contribution in [-0.2, 0) is 0 Å². The molecule has 0 saturated heterocycles. The van der Waals surface area contributed by atoms with Gasteiger partial charge in [-0.15, -0.1) is 10.2 Å². The summed E-state index contributed by atoms with van der Waals surface area (Å²) >= 11 is 5.66. The Hall–Kier alpha value is -0.870. The molecule has 0 aromatic carbocycles. The fourth-order valence-corrected chi connectivity index (χ4v) is 2.02. The lowest BCUT2D eigenvalue weighted by molar-refractivity contribution is 0.403. The van der Waals surface area contributed by atoms with E-state index in [1.54, 1.807) is 6.07 Å². The minimum atomic E-state index is 0.219. The normalized spacial score (nSPS) is 26.3. The van der Waals surface area contributed by atoms with E-state index in [4.69, 9.17) is 17.3 Å². The highest BCUT2D eigenvalue weighted by atomic mass is 35.5. The third-order valence-electron chi connectivity index (χ3n) is 2.78. The SMILES string of the molecule is N[C@@H]1CCCC[C@@H]1Nc1ccc(Cl)nn1. The average Bonchev–Trinajstić information content (AvgIpc) is 2.25. The van der Waals surface area contributed by atoms with Gasteiger partial charge in [-0.3, -0.25) is 0 Å². The Morgan fingerprint density at radius 1 is 1.27 bits per heavy atom. The Labute approximate surface area is 94.2 Å². The minimum absolute atomic E-state index is 0.219. The molecule has 5 heteroatoms. The van der Waals surface area contributed by atoms with Crippen LogP contribution < -0.4 is 11.1 Å². The van der Waals surface area contributed by atoms with Crippen molar-refractivity contribution in [2.75, 3.05) is 5.32 Å². The quantitative estimate of drug-likeness (QED) is 0.808. The molecule has 0 spiro atoms. The summed E-state index contributed by atoms with van der Waals surface area (Å²) in [4.78, 5) is 0. The van der Waals surface area contributed by atoms with Crippen molar-refractivity contribution in [1.82, 2.24) is 10.2 Å². The van der Waals surface area contributed by atoms with Crippen molar-refractivity contribution in [2.45, 2.75) is 37.8 Å². The number of aromatic nitrogens is 2. The highest BCUT2D eigenvalue weighted by Gasteiger charge is 2.21. The minimum Gasteiger partial charge on any atom is -0.364 e. The zero-order valence-corrected chi connectivity index (χ0v) is 9.24. The van der Waals surface area contributed by atoms with E-state index in [9.17, 15) is 0 Å². The standard InChI is InChI=1S/C10H15ClN4/c11-9-5-6-10(15-14-9)13-8-4-2-1-3-7(8)12/h5-8H,1-4,12H2,(H,13,15)/t7-,8+/m1/s1. The second-order valence-electron chi connectivity index (χ2n) is 3.94. The van der Waals surface area contributed by atoms with Crippen molar-refractivity contribution in [1.29, 1.82) is 0 Å². The molecule has 1 aliphatic rings. The smallest absolute Gasteiger partial charge is 0.151 e. The maximum atomic E-state index is 6.02. The lowest BCUT2D eigenvalue weighted by Gasteiger charge is -2.29. The zero-order valence-electron chi connectivity index (χ0n) is 8.49. The van der Waals surface area contributed by atoms with Crippen LogP contribution in [0.15, 0.2) is 12.1 Å². The summed E-state index contributed by atoms with van der Waals surface area (Å²) < 4.78 is 0. The van der Waals surface area contributed by atoms with Crippen molar-refractivity contribution >= 4 is 17.4 Å². The molecule has 0 radical (unpaired) electrons. The van der Waals surface area contributed by atoms with Crippen molar-refractivity contribution in [3.8, 4) is 0 Å². The lowest BCUT2D eigenvalue weighted by Crippen LogP contribution is -2.42.